The Labute approximate surface area is 222 Å². The number of nitrogen functional groups attached to an aromatic ring is 1. The lowest BCUT2D eigenvalue weighted by Crippen LogP contribution is -2.40. The van der Waals surface area contributed by atoms with Gasteiger partial charge < -0.3 is 24.8 Å². The molecule has 16 heteroatoms. The highest BCUT2D eigenvalue weighted by Gasteiger charge is 2.58. The SMILES string of the molecule is CC(C)OC(=O)[C@@H](C)N[P@@](=O)(OC[C@H]1O[C@@H](n2cnc3c(N)ncnc32)[C@@](F)(Cl)[C@@H]1O)Oc1ccccc1. The maximum atomic E-state index is 15.5. The molecule has 13 nitrogen and oxygen atoms in total. The molecule has 0 spiro atoms. The lowest BCUT2D eigenvalue weighted by atomic mass is 10.1. The van der Waals surface area contributed by atoms with E-state index in [-0.39, 0.29) is 22.7 Å². The number of rotatable bonds is 10. The number of hydrogen-bond donors (Lipinski definition) is 3. The third kappa shape index (κ3) is 5.90. The zero-order valence-electron chi connectivity index (χ0n) is 20.6. The highest BCUT2D eigenvalue weighted by atomic mass is 35.5. The molecule has 1 saturated heterocycles. The Balaban J connectivity index is 1.54. The van der Waals surface area contributed by atoms with E-state index in [2.05, 4.69) is 20.0 Å². The molecule has 206 valence electrons. The van der Waals surface area contributed by atoms with Gasteiger partial charge in [0.1, 0.15) is 35.8 Å². The summed E-state index contributed by atoms with van der Waals surface area (Å²) in [4.78, 5) is 24.2. The summed E-state index contributed by atoms with van der Waals surface area (Å²) in [6, 6.07) is 6.94. The molecule has 2 aromatic heterocycles. The number of carbonyl (C=O) groups is 1. The van der Waals surface area contributed by atoms with Gasteiger partial charge in [-0.05, 0) is 32.9 Å². The van der Waals surface area contributed by atoms with Crippen LogP contribution in [0.3, 0.4) is 0 Å². The molecule has 3 aromatic rings. The Kier molecular flexibility index (Phi) is 8.21. The third-order valence-corrected chi connectivity index (χ3v) is 7.51. The molecule has 4 N–H and O–H groups in total. The average Bonchev–Trinajstić information content (AvgIpc) is 3.37. The molecule has 0 aliphatic carbocycles. The quantitative estimate of drug-likeness (QED) is 0.184. The smallest absolute Gasteiger partial charge is 0.459 e. The fourth-order valence-electron chi connectivity index (χ4n) is 3.65. The number of benzene rings is 1. The van der Waals surface area contributed by atoms with Crippen molar-refractivity contribution in [1.29, 1.82) is 0 Å². The topological polar surface area (TPSA) is 173 Å². The second kappa shape index (κ2) is 11.1. The van der Waals surface area contributed by atoms with Crippen molar-refractivity contribution in [2.45, 2.75) is 56.5 Å². The number of carbonyl (C=O) groups excluding carboxylic acids is 1. The van der Waals surface area contributed by atoms with Gasteiger partial charge in [0.15, 0.2) is 17.7 Å². The summed E-state index contributed by atoms with van der Waals surface area (Å²) in [6.07, 6.45) is -3.01. The van der Waals surface area contributed by atoms with E-state index in [1.54, 1.807) is 32.0 Å². The number of nitrogens with one attached hydrogen (secondary N) is 1. The Morgan fingerprint density at radius 2 is 2.03 bits per heavy atom. The van der Waals surface area contributed by atoms with Crippen molar-refractivity contribution in [2.24, 2.45) is 0 Å². The molecule has 1 aromatic carbocycles. The number of fused-ring (bicyclic) bond motifs is 1. The molecule has 1 aliphatic heterocycles. The highest BCUT2D eigenvalue weighted by Crippen LogP contribution is 2.49. The number of anilines is 1. The van der Waals surface area contributed by atoms with Gasteiger partial charge in [0.05, 0.1) is 19.0 Å². The van der Waals surface area contributed by atoms with Crippen LogP contribution in [0.4, 0.5) is 10.2 Å². The largest absolute Gasteiger partial charge is 0.462 e. The number of hydrogen-bond acceptors (Lipinski definition) is 11. The summed E-state index contributed by atoms with van der Waals surface area (Å²) < 4.78 is 52.2. The molecular formula is C22H27ClFN6O7P. The fraction of sp³-hybridized carbons (Fsp3) is 0.455. The predicted octanol–water partition coefficient (Wildman–Crippen LogP) is 2.70. The van der Waals surface area contributed by atoms with E-state index >= 15 is 4.39 Å². The molecular weight excluding hydrogens is 546 g/mol. The third-order valence-electron chi connectivity index (χ3n) is 5.45. The van der Waals surface area contributed by atoms with E-state index in [0.29, 0.717) is 0 Å². The van der Waals surface area contributed by atoms with Crippen LogP contribution in [-0.2, 0) is 23.4 Å². The minimum atomic E-state index is -4.30. The van der Waals surface area contributed by atoms with E-state index in [1.807, 2.05) is 0 Å². The second-order valence-electron chi connectivity index (χ2n) is 8.76. The summed E-state index contributed by atoms with van der Waals surface area (Å²) in [7, 11) is -4.30. The van der Waals surface area contributed by atoms with E-state index in [0.717, 1.165) is 10.9 Å². The lowest BCUT2D eigenvalue weighted by Gasteiger charge is -2.25. The molecule has 0 amide bonds. The molecule has 0 saturated carbocycles. The van der Waals surface area contributed by atoms with Gasteiger partial charge in [-0.25, -0.2) is 23.9 Å². The Morgan fingerprint density at radius 1 is 1.32 bits per heavy atom. The monoisotopic (exact) mass is 572 g/mol. The number of nitrogens with two attached hydrogens (primary N) is 1. The van der Waals surface area contributed by atoms with Gasteiger partial charge in [0, 0.05) is 0 Å². The lowest BCUT2D eigenvalue weighted by molar-refractivity contribution is -0.149. The zero-order chi connectivity index (χ0) is 27.7. The minimum absolute atomic E-state index is 0.0568. The van der Waals surface area contributed by atoms with Crippen molar-refractivity contribution in [2.75, 3.05) is 12.3 Å². The van der Waals surface area contributed by atoms with Crippen molar-refractivity contribution in [3.05, 3.63) is 43.0 Å². The molecule has 0 unspecified atom stereocenters. The number of para-hydroxylation sites is 1. The number of esters is 1. The fourth-order valence-corrected chi connectivity index (χ4v) is 5.45. The second-order valence-corrected chi connectivity index (χ2v) is 11.0. The number of halogens is 2. The van der Waals surface area contributed by atoms with Gasteiger partial charge in [-0.15, -0.1) is 0 Å². The van der Waals surface area contributed by atoms with Gasteiger partial charge >= 0.3 is 13.7 Å². The number of nitrogens with zero attached hydrogens (tertiary/aromatic N) is 4. The van der Waals surface area contributed by atoms with Gasteiger partial charge in [0.25, 0.3) is 5.13 Å². The minimum Gasteiger partial charge on any atom is -0.462 e. The van der Waals surface area contributed by atoms with Crippen molar-refractivity contribution in [3.8, 4) is 5.75 Å². The van der Waals surface area contributed by atoms with Crippen LogP contribution in [0, 0.1) is 0 Å². The maximum absolute atomic E-state index is 15.5. The van der Waals surface area contributed by atoms with Gasteiger partial charge in [-0.2, -0.15) is 5.09 Å². The number of aliphatic hydroxyl groups excluding tert-OH is 1. The first-order valence-electron chi connectivity index (χ1n) is 11.5. The van der Waals surface area contributed by atoms with Gasteiger partial charge in [-0.1, -0.05) is 29.8 Å². The van der Waals surface area contributed by atoms with Crippen LogP contribution in [-0.4, -0.2) is 66.7 Å². The first-order valence-corrected chi connectivity index (χ1v) is 13.4. The predicted molar refractivity (Wildman–Crippen MR) is 134 cm³/mol. The Morgan fingerprint density at radius 3 is 2.71 bits per heavy atom. The summed E-state index contributed by atoms with van der Waals surface area (Å²) in [5, 5.41) is 10.3. The van der Waals surface area contributed by atoms with Crippen LogP contribution in [0.2, 0.25) is 0 Å². The van der Waals surface area contributed by atoms with Crippen LogP contribution in [0.5, 0.6) is 5.75 Å². The number of imidazole rings is 1. The first-order chi connectivity index (χ1) is 17.9. The van der Waals surface area contributed by atoms with Crippen LogP contribution >= 0.6 is 19.3 Å². The maximum Gasteiger partial charge on any atom is 0.459 e. The van der Waals surface area contributed by atoms with E-state index in [1.165, 1.54) is 25.4 Å². The molecule has 1 fully saturated rings. The van der Waals surface area contributed by atoms with Crippen LogP contribution < -0.4 is 15.3 Å². The summed E-state index contributed by atoms with van der Waals surface area (Å²) in [5.74, 6) is -0.478. The number of aliphatic hydroxyl groups is 1. The zero-order valence-corrected chi connectivity index (χ0v) is 22.3. The van der Waals surface area contributed by atoms with Gasteiger partial charge in [-0.3, -0.25) is 13.9 Å². The molecule has 38 heavy (non-hydrogen) atoms. The normalized spacial score (nSPS) is 25.8. The van der Waals surface area contributed by atoms with Crippen molar-refractivity contribution < 1.29 is 37.4 Å². The average molecular weight is 573 g/mol. The van der Waals surface area contributed by atoms with E-state index < -0.39 is 56.0 Å². The van der Waals surface area contributed by atoms with Crippen LogP contribution in [0.25, 0.3) is 11.2 Å². The molecule has 0 bridgehead atoms. The summed E-state index contributed by atoms with van der Waals surface area (Å²) in [6.45, 7) is 4.10. The van der Waals surface area contributed by atoms with Gasteiger partial charge in [0.2, 0.25) is 0 Å². The van der Waals surface area contributed by atoms with E-state index in [9.17, 15) is 14.5 Å². The highest BCUT2D eigenvalue weighted by molar-refractivity contribution is 7.52. The Bertz CT molecular complexity index is 1330. The molecule has 1 aliphatic rings. The molecule has 0 radical (unpaired) electrons. The van der Waals surface area contributed by atoms with Crippen molar-refractivity contribution in [3.63, 3.8) is 0 Å². The summed E-state index contributed by atoms with van der Waals surface area (Å²) in [5.41, 5.74) is 6.09. The Hall–Kier alpha value is -2.87. The summed E-state index contributed by atoms with van der Waals surface area (Å²) >= 11 is 6.07. The number of aromatic nitrogens is 4. The van der Waals surface area contributed by atoms with Crippen molar-refractivity contribution >= 4 is 42.3 Å². The first kappa shape index (κ1) is 28.1. The van der Waals surface area contributed by atoms with Crippen molar-refractivity contribution in [1.82, 2.24) is 24.6 Å². The van der Waals surface area contributed by atoms with Crippen LogP contribution in [0.1, 0.15) is 27.0 Å². The standard InChI is InChI=1S/C22H27ClFN6O7P/c1-12(2)35-20(32)13(3)29-38(33,37-14-7-5-4-6-8-14)34-9-15-17(31)22(23,24)21(36-15)30-11-28-16-18(25)26-10-27-19(16)30/h4-8,10-13,15,17,21,31H,9H2,1-3H3,(H,29,33)(H2,25,26,27)/t13-,15-,17-,21-,22-,38-/m1/s1. The van der Waals surface area contributed by atoms with Crippen LogP contribution in [0.15, 0.2) is 43.0 Å². The number of alkyl halides is 2. The molecule has 6 atom stereocenters. The van der Waals surface area contributed by atoms with E-state index in [4.69, 9.17) is 35.9 Å². The number of ether oxygens (including phenoxy) is 2. The molecule has 3 heterocycles. The molecule has 4 rings (SSSR count).